The second-order valence-corrected chi connectivity index (χ2v) is 10.2. The molecular weight excluding hydrogens is 497 g/mol. The van der Waals surface area contributed by atoms with Crippen LogP contribution in [0.15, 0.2) is 30.3 Å². The Morgan fingerprint density at radius 1 is 1.30 bits per heavy atom. The number of amides is 1. The zero-order valence-corrected chi connectivity index (χ0v) is 22.5. The lowest BCUT2D eigenvalue weighted by Gasteiger charge is -2.41. The molecule has 0 aliphatic carbocycles. The van der Waals surface area contributed by atoms with Crippen molar-refractivity contribution in [2.75, 3.05) is 32.5 Å². The number of nitrogens with one attached hydrogen (secondary N) is 1. The standard InChI is InChI=1S/C28H37ClFN3O4/c1-4-6-17-12-14-36-27-20(15-21(29)26(31)25(17)27)28(34)32-22-11-13-33(16-23(22)35-3)24(5-2)37-19-9-7-18(30)8-10-19/h7-10,15,17,22-24H,4-6,11-14,16,31H2,1-3H3,(H,32,34). The van der Waals surface area contributed by atoms with Gasteiger partial charge in [-0.05, 0) is 61.9 Å². The summed E-state index contributed by atoms with van der Waals surface area (Å²) in [5.74, 6) is 0.844. The van der Waals surface area contributed by atoms with Crippen LogP contribution in [0.25, 0.3) is 0 Å². The highest BCUT2D eigenvalue weighted by Gasteiger charge is 2.36. The van der Waals surface area contributed by atoms with Crippen LogP contribution in [0, 0.1) is 5.82 Å². The van der Waals surface area contributed by atoms with Crippen LogP contribution >= 0.6 is 11.6 Å². The van der Waals surface area contributed by atoms with Crippen LogP contribution in [-0.2, 0) is 4.74 Å². The summed E-state index contributed by atoms with van der Waals surface area (Å²) in [4.78, 5) is 15.7. The number of hydrogen-bond acceptors (Lipinski definition) is 6. The maximum atomic E-state index is 13.5. The fourth-order valence-corrected chi connectivity index (χ4v) is 5.63. The van der Waals surface area contributed by atoms with Gasteiger partial charge in [-0.1, -0.05) is 31.9 Å². The Morgan fingerprint density at radius 3 is 2.73 bits per heavy atom. The summed E-state index contributed by atoms with van der Waals surface area (Å²) >= 11 is 6.48. The van der Waals surface area contributed by atoms with E-state index in [4.69, 9.17) is 31.5 Å². The predicted molar refractivity (Wildman–Crippen MR) is 143 cm³/mol. The summed E-state index contributed by atoms with van der Waals surface area (Å²) in [5.41, 5.74) is 8.11. The van der Waals surface area contributed by atoms with Crippen molar-refractivity contribution >= 4 is 23.2 Å². The van der Waals surface area contributed by atoms with Gasteiger partial charge in [-0.15, -0.1) is 0 Å². The van der Waals surface area contributed by atoms with Crippen molar-refractivity contribution in [1.29, 1.82) is 0 Å². The quantitative estimate of drug-likeness (QED) is 0.422. The van der Waals surface area contributed by atoms with E-state index in [1.807, 2.05) is 6.92 Å². The first kappa shape index (κ1) is 27.5. The second kappa shape index (κ2) is 12.3. The van der Waals surface area contributed by atoms with Crippen LogP contribution < -0.4 is 20.5 Å². The molecule has 0 bridgehead atoms. The highest BCUT2D eigenvalue weighted by atomic mass is 35.5. The molecule has 2 heterocycles. The van der Waals surface area contributed by atoms with Gasteiger partial charge in [-0.2, -0.15) is 0 Å². The third-order valence-corrected chi connectivity index (χ3v) is 7.68. The number of halogens is 2. The third-order valence-electron chi connectivity index (χ3n) is 7.36. The molecule has 4 rings (SSSR count). The number of methoxy groups -OCH3 is 1. The molecule has 0 radical (unpaired) electrons. The summed E-state index contributed by atoms with van der Waals surface area (Å²) < 4.78 is 31.2. The molecule has 1 fully saturated rings. The minimum atomic E-state index is -0.300. The smallest absolute Gasteiger partial charge is 0.255 e. The maximum Gasteiger partial charge on any atom is 0.255 e. The Balaban J connectivity index is 1.47. The number of carbonyl (C=O) groups excluding carboxylic acids is 1. The maximum absolute atomic E-state index is 13.5. The minimum absolute atomic E-state index is 0.188. The summed E-state index contributed by atoms with van der Waals surface area (Å²) in [7, 11) is 1.65. The molecule has 2 aliphatic heterocycles. The molecule has 1 amide bonds. The van der Waals surface area contributed by atoms with E-state index < -0.39 is 0 Å². The Labute approximate surface area is 223 Å². The molecule has 0 spiro atoms. The normalized spacial score (nSPS) is 22.6. The van der Waals surface area contributed by atoms with Gasteiger partial charge in [-0.3, -0.25) is 9.69 Å². The van der Waals surface area contributed by atoms with Gasteiger partial charge in [0, 0.05) is 25.8 Å². The Bertz CT molecular complexity index is 1080. The first-order valence-corrected chi connectivity index (χ1v) is 13.5. The zero-order chi connectivity index (χ0) is 26.5. The highest BCUT2D eigenvalue weighted by molar-refractivity contribution is 6.33. The monoisotopic (exact) mass is 533 g/mol. The van der Waals surface area contributed by atoms with E-state index in [-0.39, 0.29) is 36.0 Å². The summed E-state index contributed by atoms with van der Waals surface area (Å²) in [6.45, 7) is 6.01. The number of likely N-dealkylation sites (tertiary alicyclic amines) is 1. The van der Waals surface area contributed by atoms with Gasteiger partial charge < -0.3 is 25.3 Å². The first-order chi connectivity index (χ1) is 17.9. The van der Waals surface area contributed by atoms with Crippen molar-refractivity contribution in [1.82, 2.24) is 10.2 Å². The number of nitrogen functional groups attached to an aromatic ring is 1. The fourth-order valence-electron chi connectivity index (χ4n) is 5.42. The van der Waals surface area contributed by atoms with Gasteiger partial charge in [0.25, 0.3) is 5.91 Å². The van der Waals surface area contributed by atoms with Crippen molar-refractivity contribution in [2.24, 2.45) is 0 Å². The zero-order valence-electron chi connectivity index (χ0n) is 21.8. The first-order valence-electron chi connectivity index (χ1n) is 13.1. The Hall–Kier alpha value is -2.55. The van der Waals surface area contributed by atoms with E-state index in [9.17, 15) is 9.18 Å². The molecule has 4 atom stereocenters. The molecule has 2 aliphatic rings. The fraction of sp³-hybridized carbons (Fsp3) is 0.536. The lowest BCUT2D eigenvalue weighted by atomic mass is 9.86. The molecule has 9 heteroatoms. The SMILES string of the molecule is CCCC1CCOc2c(C(=O)NC3CCN(C(CC)Oc4ccc(F)cc4)CC3OC)cc(Cl)c(N)c21. The van der Waals surface area contributed by atoms with Crippen LogP contribution in [0.5, 0.6) is 11.5 Å². The molecule has 0 aromatic heterocycles. The van der Waals surface area contributed by atoms with E-state index in [0.717, 1.165) is 31.2 Å². The number of piperidine rings is 1. The van der Waals surface area contributed by atoms with Crippen LogP contribution in [0.3, 0.4) is 0 Å². The van der Waals surface area contributed by atoms with E-state index in [1.54, 1.807) is 25.3 Å². The third kappa shape index (κ3) is 6.13. The van der Waals surface area contributed by atoms with Crippen molar-refractivity contribution in [3.63, 3.8) is 0 Å². The largest absolute Gasteiger partial charge is 0.492 e. The molecule has 3 N–H and O–H groups in total. The van der Waals surface area contributed by atoms with E-state index >= 15 is 0 Å². The summed E-state index contributed by atoms with van der Waals surface area (Å²) in [6.07, 6.45) is 3.83. The topological polar surface area (TPSA) is 86.0 Å². The van der Waals surface area contributed by atoms with Gasteiger partial charge in [-0.25, -0.2) is 4.39 Å². The summed E-state index contributed by atoms with van der Waals surface area (Å²) in [6, 6.07) is 7.45. The number of nitrogens with two attached hydrogens (primary N) is 1. The van der Waals surface area contributed by atoms with Crippen LogP contribution in [-0.4, -0.2) is 56.0 Å². The summed E-state index contributed by atoms with van der Waals surface area (Å²) in [5, 5.41) is 3.53. The van der Waals surface area contributed by atoms with Gasteiger partial charge in [0.2, 0.25) is 0 Å². The lowest BCUT2D eigenvalue weighted by molar-refractivity contribution is -0.0554. The van der Waals surface area contributed by atoms with Gasteiger partial charge in [0.15, 0.2) is 6.23 Å². The molecule has 202 valence electrons. The van der Waals surface area contributed by atoms with E-state index in [1.165, 1.54) is 12.1 Å². The highest BCUT2D eigenvalue weighted by Crippen LogP contribution is 2.45. The van der Waals surface area contributed by atoms with E-state index in [2.05, 4.69) is 17.1 Å². The predicted octanol–water partition coefficient (Wildman–Crippen LogP) is 5.36. The molecule has 7 nitrogen and oxygen atoms in total. The van der Waals surface area contributed by atoms with Gasteiger partial charge in [0.05, 0.1) is 35.0 Å². The van der Waals surface area contributed by atoms with Gasteiger partial charge in [0.1, 0.15) is 17.3 Å². The number of nitrogens with zero attached hydrogens (tertiary/aromatic N) is 1. The molecule has 4 unspecified atom stereocenters. The number of hydrogen-bond donors (Lipinski definition) is 2. The Kier molecular flexibility index (Phi) is 9.16. The average molecular weight is 534 g/mol. The van der Waals surface area contributed by atoms with Crippen LogP contribution in [0.1, 0.15) is 67.8 Å². The average Bonchev–Trinajstić information content (AvgIpc) is 2.90. The number of ether oxygens (including phenoxy) is 3. The van der Waals surface area contributed by atoms with E-state index in [0.29, 0.717) is 53.9 Å². The Morgan fingerprint density at radius 2 is 2.05 bits per heavy atom. The molecule has 1 saturated heterocycles. The molecule has 37 heavy (non-hydrogen) atoms. The number of rotatable bonds is 9. The second-order valence-electron chi connectivity index (χ2n) is 9.76. The number of fused-ring (bicyclic) bond motifs is 1. The number of anilines is 1. The van der Waals surface area contributed by atoms with Crippen molar-refractivity contribution in [3.8, 4) is 11.5 Å². The molecule has 2 aromatic rings. The number of benzene rings is 2. The van der Waals surface area contributed by atoms with Crippen molar-refractivity contribution in [2.45, 2.75) is 70.2 Å². The molecule has 0 saturated carbocycles. The van der Waals surface area contributed by atoms with Crippen molar-refractivity contribution < 1.29 is 23.4 Å². The van der Waals surface area contributed by atoms with Gasteiger partial charge >= 0.3 is 0 Å². The lowest BCUT2D eigenvalue weighted by Crippen LogP contribution is -2.57. The van der Waals surface area contributed by atoms with Crippen LogP contribution in [0.2, 0.25) is 5.02 Å². The van der Waals surface area contributed by atoms with Crippen molar-refractivity contribution in [3.05, 3.63) is 52.3 Å². The van der Waals surface area contributed by atoms with Crippen LogP contribution in [0.4, 0.5) is 10.1 Å². The molecule has 2 aromatic carbocycles. The molecular formula is C28H37ClFN3O4. The minimum Gasteiger partial charge on any atom is -0.492 e. The number of carbonyl (C=O) groups is 1.